The minimum Gasteiger partial charge on any atom is -0.394 e. The maximum absolute atomic E-state index is 13.0. The van der Waals surface area contributed by atoms with Crippen LogP contribution in [0, 0.1) is 0 Å². The molecular weight excluding hydrogens is 743 g/mol. The van der Waals surface area contributed by atoms with Gasteiger partial charge in [-0.05, 0) is 57.8 Å². The molecule has 7 atom stereocenters. The first kappa shape index (κ1) is 55.2. The predicted octanol–water partition coefficient (Wildman–Crippen LogP) is 10.6. The molecule has 9 nitrogen and oxygen atoms in total. The molecule has 0 saturated carbocycles. The highest BCUT2D eigenvalue weighted by Gasteiger charge is 2.44. The molecule has 0 aromatic carbocycles. The average Bonchev–Trinajstić information content (AvgIpc) is 3.23. The van der Waals surface area contributed by atoms with Crippen LogP contribution in [-0.4, -0.2) is 87.5 Å². The molecule has 0 aromatic heterocycles. The smallest absolute Gasteiger partial charge is 0.220 e. The van der Waals surface area contributed by atoms with Crippen LogP contribution in [0.5, 0.6) is 0 Å². The highest BCUT2D eigenvalue weighted by molar-refractivity contribution is 5.76. The molecule has 1 fully saturated rings. The first-order valence-corrected chi connectivity index (χ1v) is 24.4. The second-order valence-corrected chi connectivity index (χ2v) is 16.9. The van der Waals surface area contributed by atoms with Gasteiger partial charge in [-0.2, -0.15) is 0 Å². The van der Waals surface area contributed by atoms with Gasteiger partial charge in [0.25, 0.3) is 0 Å². The summed E-state index contributed by atoms with van der Waals surface area (Å²) in [5.74, 6) is -0.184. The number of amides is 1. The normalized spacial score (nSPS) is 21.1. The van der Waals surface area contributed by atoms with E-state index in [9.17, 15) is 30.3 Å². The van der Waals surface area contributed by atoms with Crippen LogP contribution in [0.1, 0.15) is 206 Å². The fourth-order valence-electron chi connectivity index (χ4n) is 7.46. The number of carbonyl (C=O) groups is 1. The van der Waals surface area contributed by atoms with Gasteiger partial charge in [-0.25, -0.2) is 0 Å². The fourth-order valence-corrected chi connectivity index (χ4v) is 7.46. The second kappa shape index (κ2) is 40.2. The van der Waals surface area contributed by atoms with Crippen LogP contribution in [0.4, 0.5) is 0 Å². The standard InChI is InChI=1S/C50H91NO8/c1-3-5-7-9-11-13-15-16-17-18-19-20-21-22-23-24-25-26-27-28-30-32-34-36-38-40-46(54)51-43(42-58-50-49(57)48(56)47(55)45(41-52)59-50)44(53)39-37-35-33-31-29-14-12-10-8-6-4-2/h15-16,18-19,21-22,37,39,43-45,47-50,52-53,55-57H,3-14,17,20,23-36,38,40-42H2,1-2H3,(H,51,54)/b16-15-,19-18-,22-21-,39-37+. The third-order valence-electron chi connectivity index (χ3n) is 11.4. The fraction of sp³-hybridized carbons (Fsp3) is 0.820. The van der Waals surface area contributed by atoms with E-state index < -0.39 is 49.5 Å². The van der Waals surface area contributed by atoms with Crippen molar-refractivity contribution in [1.29, 1.82) is 0 Å². The summed E-state index contributed by atoms with van der Waals surface area (Å²) in [6.45, 7) is 3.74. The topological polar surface area (TPSA) is 149 Å². The summed E-state index contributed by atoms with van der Waals surface area (Å²) in [5.41, 5.74) is 0. The minimum atomic E-state index is -1.57. The first-order valence-electron chi connectivity index (χ1n) is 24.4. The lowest BCUT2D eigenvalue weighted by molar-refractivity contribution is -0.302. The number of rotatable bonds is 40. The molecule has 1 saturated heterocycles. The van der Waals surface area contributed by atoms with Gasteiger partial charge in [0.1, 0.15) is 24.4 Å². The van der Waals surface area contributed by atoms with Gasteiger partial charge in [-0.15, -0.1) is 0 Å². The Morgan fingerprint density at radius 1 is 0.576 bits per heavy atom. The molecule has 344 valence electrons. The number of nitrogens with one attached hydrogen (secondary N) is 1. The van der Waals surface area contributed by atoms with Gasteiger partial charge >= 0.3 is 0 Å². The quantitative estimate of drug-likeness (QED) is 0.0264. The molecule has 1 amide bonds. The summed E-state index contributed by atoms with van der Waals surface area (Å²) in [4.78, 5) is 13.0. The lowest BCUT2D eigenvalue weighted by atomic mass is 9.99. The third-order valence-corrected chi connectivity index (χ3v) is 11.4. The van der Waals surface area contributed by atoms with Crippen molar-refractivity contribution >= 4 is 5.91 Å². The SMILES string of the molecule is CCCCCCC/C=C\C/C=C\C/C=C\CCCCCCCCCCCCC(=O)NC(COC1OC(CO)C(O)C(O)C1O)C(O)/C=C/CCCCCCCCCCC. The molecule has 9 heteroatoms. The molecule has 1 heterocycles. The van der Waals surface area contributed by atoms with E-state index in [1.807, 2.05) is 6.08 Å². The van der Waals surface area contributed by atoms with Crippen molar-refractivity contribution in [3.8, 4) is 0 Å². The van der Waals surface area contributed by atoms with E-state index >= 15 is 0 Å². The van der Waals surface area contributed by atoms with Gasteiger partial charge in [-0.3, -0.25) is 4.79 Å². The van der Waals surface area contributed by atoms with Crippen LogP contribution in [0.25, 0.3) is 0 Å². The summed E-state index contributed by atoms with van der Waals surface area (Å²) in [7, 11) is 0. The lowest BCUT2D eigenvalue weighted by Crippen LogP contribution is -2.60. The molecule has 0 bridgehead atoms. The van der Waals surface area contributed by atoms with E-state index in [0.29, 0.717) is 6.42 Å². The number of carbonyl (C=O) groups excluding carboxylic acids is 1. The number of ether oxygens (including phenoxy) is 2. The van der Waals surface area contributed by atoms with Crippen molar-refractivity contribution < 1.29 is 39.8 Å². The van der Waals surface area contributed by atoms with Gasteiger partial charge in [0, 0.05) is 6.42 Å². The summed E-state index contributed by atoms with van der Waals surface area (Å²) in [6.07, 6.45) is 44.4. The maximum Gasteiger partial charge on any atom is 0.220 e. The monoisotopic (exact) mass is 834 g/mol. The van der Waals surface area contributed by atoms with Gasteiger partial charge in [-0.1, -0.05) is 191 Å². The zero-order valence-corrected chi connectivity index (χ0v) is 37.7. The summed E-state index contributed by atoms with van der Waals surface area (Å²) < 4.78 is 11.2. The number of hydrogen-bond acceptors (Lipinski definition) is 8. The molecule has 1 rings (SSSR count). The molecule has 59 heavy (non-hydrogen) atoms. The zero-order chi connectivity index (χ0) is 43.0. The Bertz CT molecular complexity index is 1060. The van der Waals surface area contributed by atoms with Crippen LogP contribution >= 0.6 is 0 Å². The molecule has 0 spiro atoms. The summed E-state index contributed by atoms with van der Waals surface area (Å²) >= 11 is 0. The Labute approximate surface area is 361 Å². The highest BCUT2D eigenvalue weighted by Crippen LogP contribution is 2.22. The number of hydrogen-bond donors (Lipinski definition) is 6. The summed E-state index contributed by atoms with van der Waals surface area (Å²) in [5, 5.41) is 54.1. The zero-order valence-electron chi connectivity index (χ0n) is 37.7. The van der Waals surface area contributed by atoms with E-state index in [1.54, 1.807) is 6.08 Å². The predicted molar refractivity (Wildman–Crippen MR) is 244 cm³/mol. The van der Waals surface area contributed by atoms with E-state index in [1.165, 1.54) is 135 Å². The Morgan fingerprint density at radius 2 is 1.00 bits per heavy atom. The van der Waals surface area contributed by atoms with Crippen molar-refractivity contribution in [1.82, 2.24) is 5.32 Å². The Kier molecular flexibility index (Phi) is 37.6. The van der Waals surface area contributed by atoms with Crippen molar-refractivity contribution in [3.63, 3.8) is 0 Å². The van der Waals surface area contributed by atoms with Crippen molar-refractivity contribution in [2.75, 3.05) is 13.2 Å². The van der Waals surface area contributed by atoms with Gasteiger partial charge in [0.15, 0.2) is 6.29 Å². The van der Waals surface area contributed by atoms with Crippen LogP contribution in [-0.2, 0) is 14.3 Å². The Hall–Kier alpha value is -1.85. The van der Waals surface area contributed by atoms with Gasteiger partial charge in [0.05, 0.1) is 25.4 Å². The molecule has 7 unspecified atom stereocenters. The van der Waals surface area contributed by atoms with Crippen LogP contribution in [0.2, 0.25) is 0 Å². The molecule has 1 aliphatic heterocycles. The Balaban J connectivity index is 2.25. The number of aliphatic hydroxyl groups is 5. The third kappa shape index (κ3) is 30.8. The van der Waals surface area contributed by atoms with E-state index in [4.69, 9.17) is 9.47 Å². The minimum absolute atomic E-state index is 0.184. The average molecular weight is 834 g/mol. The number of aliphatic hydroxyl groups excluding tert-OH is 5. The van der Waals surface area contributed by atoms with Gasteiger partial charge in [0.2, 0.25) is 5.91 Å². The van der Waals surface area contributed by atoms with Crippen LogP contribution < -0.4 is 5.32 Å². The highest BCUT2D eigenvalue weighted by atomic mass is 16.7. The maximum atomic E-state index is 13.0. The first-order chi connectivity index (χ1) is 28.8. The van der Waals surface area contributed by atoms with Crippen molar-refractivity contribution in [3.05, 3.63) is 48.6 Å². The van der Waals surface area contributed by atoms with Gasteiger partial charge < -0.3 is 40.3 Å². The van der Waals surface area contributed by atoms with Crippen LogP contribution in [0.3, 0.4) is 0 Å². The second-order valence-electron chi connectivity index (χ2n) is 16.9. The largest absolute Gasteiger partial charge is 0.394 e. The molecular formula is C50H91NO8. The molecule has 1 aliphatic rings. The number of unbranched alkanes of at least 4 members (excludes halogenated alkanes) is 24. The van der Waals surface area contributed by atoms with E-state index in [0.717, 1.165) is 51.4 Å². The lowest BCUT2D eigenvalue weighted by Gasteiger charge is -2.40. The van der Waals surface area contributed by atoms with E-state index in [-0.39, 0.29) is 12.5 Å². The number of allylic oxidation sites excluding steroid dienone is 7. The van der Waals surface area contributed by atoms with Crippen LogP contribution in [0.15, 0.2) is 48.6 Å². The molecule has 0 aliphatic carbocycles. The van der Waals surface area contributed by atoms with Crippen molar-refractivity contribution in [2.24, 2.45) is 0 Å². The Morgan fingerprint density at radius 3 is 1.47 bits per heavy atom. The van der Waals surface area contributed by atoms with Crippen molar-refractivity contribution in [2.45, 2.75) is 249 Å². The molecule has 0 radical (unpaired) electrons. The molecule has 6 N–H and O–H groups in total. The molecule has 0 aromatic rings. The van der Waals surface area contributed by atoms with E-state index in [2.05, 4.69) is 55.6 Å². The summed E-state index contributed by atoms with van der Waals surface area (Å²) in [6, 6.07) is -0.806.